The van der Waals surface area contributed by atoms with Crippen LogP contribution in [0.15, 0.2) is 29.2 Å². The van der Waals surface area contributed by atoms with Gasteiger partial charge in [-0.25, -0.2) is 4.79 Å². The van der Waals surface area contributed by atoms with Crippen molar-refractivity contribution in [1.82, 2.24) is 0 Å². The summed E-state index contributed by atoms with van der Waals surface area (Å²) in [5, 5.41) is -0.576. The maximum absolute atomic E-state index is 11.5. The zero-order valence-electron chi connectivity index (χ0n) is 10.2. The van der Waals surface area contributed by atoms with Crippen molar-refractivity contribution in [3.05, 3.63) is 29.8 Å². The van der Waals surface area contributed by atoms with Crippen molar-refractivity contribution in [2.75, 3.05) is 6.61 Å². The third kappa shape index (κ3) is 4.23. The minimum Gasteiger partial charge on any atom is -0.460 e. The maximum atomic E-state index is 11.5. The molecular formula is C13H16O3S. The monoisotopic (exact) mass is 252 g/mol. The van der Waals surface area contributed by atoms with Crippen LogP contribution in [0.3, 0.4) is 0 Å². The van der Waals surface area contributed by atoms with E-state index in [0.29, 0.717) is 5.92 Å². The molecule has 0 saturated heterocycles. The molecule has 0 radical (unpaired) electrons. The molecule has 0 atom stereocenters. The first-order valence-corrected chi connectivity index (χ1v) is 6.35. The lowest BCUT2D eigenvalue weighted by molar-refractivity contribution is -0.149. The molecule has 4 heteroatoms. The van der Waals surface area contributed by atoms with Crippen LogP contribution in [0.2, 0.25) is 0 Å². The topological polar surface area (TPSA) is 43.4 Å². The molecule has 0 aliphatic carbocycles. The standard InChI is InChI=1S/C13H16O3S/c1-4-16-12(14)13(15)17-11-7-5-6-10(8-11)9(2)3/h5-9H,4H2,1-3H3. The van der Waals surface area contributed by atoms with Crippen LogP contribution < -0.4 is 0 Å². The summed E-state index contributed by atoms with van der Waals surface area (Å²) in [6.07, 6.45) is 0. The number of ether oxygens (including phenoxy) is 1. The van der Waals surface area contributed by atoms with Crippen LogP contribution in [-0.4, -0.2) is 17.7 Å². The van der Waals surface area contributed by atoms with Crippen LogP contribution in [0.25, 0.3) is 0 Å². The number of benzene rings is 1. The molecule has 17 heavy (non-hydrogen) atoms. The average Bonchev–Trinajstić information content (AvgIpc) is 2.29. The first kappa shape index (κ1) is 13.8. The van der Waals surface area contributed by atoms with E-state index in [-0.39, 0.29) is 6.61 Å². The number of esters is 1. The van der Waals surface area contributed by atoms with Crippen LogP contribution in [0, 0.1) is 0 Å². The lowest BCUT2D eigenvalue weighted by Gasteiger charge is -2.06. The highest BCUT2D eigenvalue weighted by molar-refractivity contribution is 8.15. The van der Waals surface area contributed by atoms with Crippen molar-refractivity contribution in [2.24, 2.45) is 0 Å². The van der Waals surface area contributed by atoms with Crippen LogP contribution >= 0.6 is 11.8 Å². The van der Waals surface area contributed by atoms with Gasteiger partial charge in [0.2, 0.25) is 0 Å². The lowest BCUT2D eigenvalue weighted by atomic mass is 10.0. The minimum absolute atomic E-state index is 0.219. The molecule has 1 aromatic rings. The summed E-state index contributed by atoms with van der Waals surface area (Å²) in [6.45, 7) is 6.06. The maximum Gasteiger partial charge on any atom is 0.386 e. The SMILES string of the molecule is CCOC(=O)C(=O)Sc1cccc(C(C)C)c1. The average molecular weight is 252 g/mol. The molecular weight excluding hydrogens is 236 g/mol. The Balaban J connectivity index is 2.71. The Kier molecular flexibility index (Phi) is 5.22. The third-order valence-electron chi connectivity index (χ3n) is 2.18. The fraction of sp³-hybridized carbons (Fsp3) is 0.385. The minimum atomic E-state index is -0.785. The number of hydrogen-bond donors (Lipinski definition) is 0. The molecule has 0 spiro atoms. The molecule has 0 bridgehead atoms. The predicted molar refractivity (Wildman–Crippen MR) is 68.0 cm³/mol. The second-order valence-corrected chi connectivity index (χ2v) is 4.88. The summed E-state index contributed by atoms with van der Waals surface area (Å²) < 4.78 is 4.64. The Morgan fingerprint density at radius 2 is 2.06 bits per heavy atom. The number of carbonyl (C=O) groups is 2. The van der Waals surface area contributed by atoms with E-state index in [1.165, 1.54) is 0 Å². The van der Waals surface area contributed by atoms with Gasteiger partial charge in [-0.05, 0) is 42.3 Å². The van der Waals surface area contributed by atoms with Gasteiger partial charge in [0, 0.05) is 4.90 Å². The summed E-state index contributed by atoms with van der Waals surface area (Å²) in [4.78, 5) is 23.4. The molecule has 0 amide bonds. The fourth-order valence-corrected chi connectivity index (χ4v) is 1.97. The molecule has 0 aromatic heterocycles. The zero-order chi connectivity index (χ0) is 12.8. The molecule has 1 rings (SSSR count). The Morgan fingerprint density at radius 1 is 1.35 bits per heavy atom. The molecule has 0 N–H and O–H groups in total. The van der Waals surface area contributed by atoms with E-state index in [1.807, 2.05) is 24.3 Å². The molecule has 92 valence electrons. The molecule has 1 aromatic carbocycles. The van der Waals surface area contributed by atoms with Crippen molar-refractivity contribution >= 4 is 22.8 Å². The van der Waals surface area contributed by atoms with Crippen LogP contribution in [0.5, 0.6) is 0 Å². The molecule has 0 fully saturated rings. The number of thioether (sulfide) groups is 1. The van der Waals surface area contributed by atoms with Crippen molar-refractivity contribution in [2.45, 2.75) is 31.6 Å². The molecule has 0 unspecified atom stereocenters. The van der Waals surface area contributed by atoms with Gasteiger partial charge in [-0.2, -0.15) is 0 Å². The summed E-state index contributed by atoms with van der Waals surface area (Å²) in [5.41, 5.74) is 1.15. The predicted octanol–water partition coefficient (Wildman–Crippen LogP) is 2.99. The number of carbonyl (C=O) groups excluding carboxylic acids is 2. The molecule has 0 saturated carbocycles. The second-order valence-electron chi connectivity index (χ2n) is 3.84. The third-order valence-corrected chi connectivity index (χ3v) is 3.02. The highest BCUT2D eigenvalue weighted by Gasteiger charge is 2.16. The van der Waals surface area contributed by atoms with E-state index in [4.69, 9.17) is 0 Å². The highest BCUT2D eigenvalue weighted by Crippen LogP contribution is 2.23. The molecule has 0 heterocycles. The van der Waals surface area contributed by atoms with E-state index < -0.39 is 11.1 Å². The Labute approximate surface area is 106 Å². The van der Waals surface area contributed by atoms with E-state index in [1.54, 1.807) is 6.92 Å². The Bertz CT molecular complexity index is 413. The summed E-state index contributed by atoms with van der Waals surface area (Å²) in [7, 11) is 0. The van der Waals surface area contributed by atoms with Gasteiger partial charge in [-0.15, -0.1) is 0 Å². The van der Waals surface area contributed by atoms with Crippen LogP contribution in [0.1, 0.15) is 32.3 Å². The number of rotatable bonds is 3. The van der Waals surface area contributed by atoms with Crippen molar-refractivity contribution in [3.63, 3.8) is 0 Å². The largest absolute Gasteiger partial charge is 0.460 e. The first-order chi connectivity index (χ1) is 8.04. The van der Waals surface area contributed by atoms with Crippen LogP contribution in [-0.2, 0) is 14.3 Å². The van der Waals surface area contributed by atoms with Gasteiger partial charge in [0.1, 0.15) is 0 Å². The summed E-state index contributed by atoms with van der Waals surface area (Å²) in [6, 6.07) is 7.62. The normalized spacial score (nSPS) is 10.4. The van der Waals surface area contributed by atoms with Gasteiger partial charge in [0.05, 0.1) is 6.61 Å². The van der Waals surface area contributed by atoms with Crippen LogP contribution in [0.4, 0.5) is 0 Å². The van der Waals surface area contributed by atoms with Crippen molar-refractivity contribution < 1.29 is 14.3 Å². The van der Waals surface area contributed by atoms with Gasteiger partial charge >= 0.3 is 11.1 Å². The van der Waals surface area contributed by atoms with E-state index in [9.17, 15) is 9.59 Å². The fourth-order valence-electron chi connectivity index (χ4n) is 1.28. The van der Waals surface area contributed by atoms with E-state index in [0.717, 1.165) is 22.2 Å². The zero-order valence-corrected chi connectivity index (χ0v) is 11.0. The second kappa shape index (κ2) is 6.45. The van der Waals surface area contributed by atoms with Gasteiger partial charge in [-0.3, -0.25) is 4.79 Å². The van der Waals surface area contributed by atoms with Gasteiger partial charge in [0.25, 0.3) is 0 Å². The molecule has 0 aliphatic heterocycles. The number of hydrogen-bond acceptors (Lipinski definition) is 4. The van der Waals surface area contributed by atoms with Gasteiger partial charge < -0.3 is 4.74 Å². The van der Waals surface area contributed by atoms with Crippen molar-refractivity contribution in [1.29, 1.82) is 0 Å². The van der Waals surface area contributed by atoms with E-state index in [2.05, 4.69) is 18.6 Å². The van der Waals surface area contributed by atoms with E-state index >= 15 is 0 Å². The summed E-state index contributed by atoms with van der Waals surface area (Å²) >= 11 is 0.910. The highest BCUT2D eigenvalue weighted by atomic mass is 32.2. The van der Waals surface area contributed by atoms with Crippen molar-refractivity contribution in [3.8, 4) is 0 Å². The smallest absolute Gasteiger partial charge is 0.386 e. The quantitative estimate of drug-likeness (QED) is 0.471. The molecule has 0 aliphatic rings. The Hall–Kier alpha value is -1.29. The lowest BCUT2D eigenvalue weighted by Crippen LogP contribution is -2.13. The van der Waals surface area contributed by atoms with Gasteiger partial charge in [0.15, 0.2) is 0 Å². The Morgan fingerprint density at radius 3 is 2.65 bits per heavy atom. The molecule has 3 nitrogen and oxygen atoms in total. The first-order valence-electron chi connectivity index (χ1n) is 5.53. The summed E-state index contributed by atoms with van der Waals surface area (Å²) in [5.74, 6) is -0.388. The van der Waals surface area contributed by atoms with Gasteiger partial charge in [-0.1, -0.05) is 26.0 Å².